The molecule has 132 valence electrons. The molecule has 0 bridgehead atoms. The Hall–Kier alpha value is -1.92. The summed E-state index contributed by atoms with van der Waals surface area (Å²) in [5.41, 5.74) is 8.58. The van der Waals surface area contributed by atoms with Crippen LogP contribution in [0.1, 0.15) is 18.1 Å². The molecule has 1 aliphatic heterocycles. The maximum absolute atomic E-state index is 12.3. The van der Waals surface area contributed by atoms with E-state index in [-0.39, 0.29) is 17.7 Å². The van der Waals surface area contributed by atoms with Gasteiger partial charge in [-0.05, 0) is 25.0 Å². The number of carbonyl (C=O) groups excluding carboxylic acids is 2. The molecule has 1 saturated heterocycles. The van der Waals surface area contributed by atoms with Gasteiger partial charge in [-0.3, -0.25) is 14.5 Å². The van der Waals surface area contributed by atoms with Gasteiger partial charge in [0.25, 0.3) is 0 Å². The van der Waals surface area contributed by atoms with Crippen molar-refractivity contribution in [1.29, 1.82) is 0 Å². The van der Waals surface area contributed by atoms with E-state index in [4.69, 9.17) is 5.73 Å². The molecule has 0 radical (unpaired) electrons. The van der Waals surface area contributed by atoms with Gasteiger partial charge in [0.15, 0.2) is 0 Å². The fourth-order valence-corrected chi connectivity index (χ4v) is 2.93. The van der Waals surface area contributed by atoms with Crippen molar-refractivity contribution in [3.8, 4) is 0 Å². The molecule has 1 unspecified atom stereocenters. The highest BCUT2D eigenvalue weighted by Crippen LogP contribution is 2.19. The predicted molar refractivity (Wildman–Crippen MR) is 95.8 cm³/mol. The number of hydrogen-bond acceptors (Lipinski definition) is 4. The summed E-state index contributed by atoms with van der Waals surface area (Å²) >= 11 is 0. The fraction of sp³-hybridized carbons (Fsp3) is 0.556. The average Bonchev–Trinajstić information content (AvgIpc) is 2.57. The van der Waals surface area contributed by atoms with Crippen molar-refractivity contribution in [2.24, 2.45) is 11.7 Å². The summed E-state index contributed by atoms with van der Waals surface area (Å²) < 4.78 is 0. The van der Waals surface area contributed by atoms with Crippen molar-refractivity contribution < 1.29 is 9.59 Å². The third-order valence-corrected chi connectivity index (χ3v) is 4.57. The third-order valence-electron chi connectivity index (χ3n) is 4.57. The van der Waals surface area contributed by atoms with Crippen LogP contribution in [0.5, 0.6) is 0 Å². The van der Waals surface area contributed by atoms with Gasteiger partial charge < -0.3 is 16.0 Å². The number of nitrogens with zero attached hydrogens (tertiary/aromatic N) is 2. The molecule has 2 rings (SSSR count). The van der Waals surface area contributed by atoms with E-state index >= 15 is 0 Å². The molecular weight excluding hydrogens is 304 g/mol. The van der Waals surface area contributed by atoms with Gasteiger partial charge in [0, 0.05) is 44.3 Å². The summed E-state index contributed by atoms with van der Waals surface area (Å²) in [5, 5.41) is 3.01. The highest BCUT2D eigenvalue weighted by Gasteiger charge is 2.25. The number of amides is 2. The Kier molecular flexibility index (Phi) is 6.34. The van der Waals surface area contributed by atoms with Gasteiger partial charge in [-0.2, -0.15) is 0 Å². The number of para-hydroxylation sites is 1. The minimum atomic E-state index is -0.135. The first-order valence-electron chi connectivity index (χ1n) is 8.49. The number of nitrogens with two attached hydrogens (primary N) is 1. The van der Waals surface area contributed by atoms with Crippen LogP contribution in [0.15, 0.2) is 18.2 Å². The number of piperazine rings is 1. The molecule has 1 fully saturated rings. The van der Waals surface area contributed by atoms with E-state index in [1.165, 1.54) is 0 Å². The molecule has 1 aromatic carbocycles. The number of hydrogen-bond donors (Lipinski definition) is 2. The Bertz CT molecular complexity index is 574. The van der Waals surface area contributed by atoms with Crippen LogP contribution in [0.3, 0.4) is 0 Å². The number of aryl methyl sites for hydroxylation is 2. The third kappa shape index (κ3) is 4.55. The maximum Gasteiger partial charge on any atom is 0.238 e. The summed E-state index contributed by atoms with van der Waals surface area (Å²) in [4.78, 5) is 28.4. The summed E-state index contributed by atoms with van der Waals surface area (Å²) in [6, 6.07) is 5.97. The molecule has 1 aromatic rings. The van der Waals surface area contributed by atoms with E-state index in [0.717, 1.165) is 16.8 Å². The first-order valence-corrected chi connectivity index (χ1v) is 8.49. The van der Waals surface area contributed by atoms with E-state index in [9.17, 15) is 9.59 Å². The van der Waals surface area contributed by atoms with Gasteiger partial charge in [0.1, 0.15) is 0 Å². The predicted octanol–water partition coefficient (Wildman–Crippen LogP) is 0.981. The Labute approximate surface area is 144 Å². The van der Waals surface area contributed by atoms with Gasteiger partial charge in [0.05, 0.1) is 6.54 Å². The largest absolute Gasteiger partial charge is 0.340 e. The molecule has 0 aromatic heterocycles. The van der Waals surface area contributed by atoms with Crippen LogP contribution in [0.25, 0.3) is 0 Å². The lowest BCUT2D eigenvalue weighted by Gasteiger charge is -2.35. The number of nitrogens with one attached hydrogen (secondary N) is 1. The molecule has 2 amide bonds. The van der Waals surface area contributed by atoms with Crippen LogP contribution in [0, 0.1) is 19.8 Å². The van der Waals surface area contributed by atoms with Crippen molar-refractivity contribution in [3.05, 3.63) is 29.3 Å². The lowest BCUT2D eigenvalue weighted by atomic mass is 10.1. The van der Waals surface area contributed by atoms with Crippen LogP contribution >= 0.6 is 0 Å². The van der Waals surface area contributed by atoms with Crippen LogP contribution in [-0.4, -0.2) is 60.9 Å². The zero-order valence-electron chi connectivity index (χ0n) is 14.8. The zero-order valence-corrected chi connectivity index (χ0v) is 14.8. The molecule has 3 N–H and O–H groups in total. The highest BCUT2D eigenvalue weighted by atomic mass is 16.2. The molecule has 0 saturated carbocycles. The first kappa shape index (κ1) is 18.4. The van der Waals surface area contributed by atoms with Crippen LogP contribution < -0.4 is 11.1 Å². The molecule has 1 heterocycles. The van der Waals surface area contributed by atoms with E-state index in [1.54, 1.807) is 0 Å². The Balaban J connectivity index is 1.83. The van der Waals surface area contributed by atoms with Crippen molar-refractivity contribution >= 4 is 17.5 Å². The van der Waals surface area contributed by atoms with Gasteiger partial charge in [-0.25, -0.2) is 0 Å². The smallest absolute Gasteiger partial charge is 0.238 e. The molecule has 0 spiro atoms. The fourth-order valence-electron chi connectivity index (χ4n) is 2.93. The standard InChI is InChI=1S/C18H28N4O2/c1-13-5-4-6-14(2)17(13)20-16(23)12-21-7-9-22(10-8-21)18(24)15(3)11-19/h4-6,15H,7-12,19H2,1-3H3,(H,20,23). The van der Waals surface area contributed by atoms with Gasteiger partial charge in [-0.1, -0.05) is 25.1 Å². The normalized spacial score (nSPS) is 16.8. The van der Waals surface area contributed by atoms with Crippen LogP contribution in [0.4, 0.5) is 5.69 Å². The van der Waals surface area contributed by atoms with Crippen molar-refractivity contribution in [2.45, 2.75) is 20.8 Å². The highest BCUT2D eigenvalue weighted by molar-refractivity contribution is 5.93. The summed E-state index contributed by atoms with van der Waals surface area (Å²) in [6.07, 6.45) is 0. The molecule has 6 heteroatoms. The lowest BCUT2D eigenvalue weighted by Crippen LogP contribution is -2.52. The van der Waals surface area contributed by atoms with E-state index < -0.39 is 0 Å². The quantitative estimate of drug-likeness (QED) is 0.842. The Morgan fingerprint density at radius 2 is 1.75 bits per heavy atom. The zero-order chi connectivity index (χ0) is 17.7. The van der Waals surface area contributed by atoms with E-state index in [2.05, 4.69) is 10.2 Å². The minimum Gasteiger partial charge on any atom is -0.340 e. The minimum absolute atomic E-state index is 0.0116. The molecule has 0 aliphatic carbocycles. The summed E-state index contributed by atoms with van der Waals surface area (Å²) in [6.45, 7) is 9.29. The maximum atomic E-state index is 12.3. The topological polar surface area (TPSA) is 78.7 Å². The monoisotopic (exact) mass is 332 g/mol. The SMILES string of the molecule is Cc1cccc(C)c1NC(=O)CN1CCN(C(=O)C(C)CN)CC1. The Morgan fingerprint density at radius 3 is 2.29 bits per heavy atom. The van der Waals surface area contributed by atoms with E-state index in [1.807, 2.05) is 43.9 Å². The number of rotatable bonds is 5. The number of benzene rings is 1. The van der Waals surface area contributed by atoms with Crippen molar-refractivity contribution in [3.63, 3.8) is 0 Å². The second kappa shape index (κ2) is 8.26. The number of anilines is 1. The Morgan fingerprint density at radius 1 is 1.17 bits per heavy atom. The van der Waals surface area contributed by atoms with E-state index in [0.29, 0.717) is 39.3 Å². The van der Waals surface area contributed by atoms with Gasteiger partial charge >= 0.3 is 0 Å². The lowest BCUT2D eigenvalue weighted by molar-refractivity contribution is -0.136. The molecule has 6 nitrogen and oxygen atoms in total. The molecule has 24 heavy (non-hydrogen) atoms. The van der Waals surface area contributed by atoms with Gasteiger partial charge in [-0.15, -0.1) is 0 Å². The van der Waals surface area contributed by atoms with Gasteiger partial charge in [0.2, 0.25) is 11.8 Å². The second-order valence-electron chi connectivity index (χ2n) is 6.55. The molecular formula is C18H28N4O2. The molecule has 1 atom stereocenters. The first-order chi connectivity index (χ1) is 11.4. The van der Waals surface area contributed by atoms with Crippen molar-refractivity contribution in [2.75, 3.05) is 44.6 Å². The van der Waals surface area contributed by atoms with Crippen LogP contribution in [-0.2, 0) is 9.59 Å². The summed E-state index contributed by atoms with van der Waals surface area (Å²) in [5.74, 6) is -0.0384. The summed E-state index contributed by atoms with van der Waals surface area (Å²) in [7, 11) is 0. The number of carbonyl (C=O) groups is 2. The average molecular weight is 332 g/mol. The second-order valence-corrected chi connectivity index (χ2v) is 6.55. The van der Waals surface area contributed by atoms with Crippen LogP contribution in [0.2, 0.25) is 0 Å². The molecule has 1 aliphatic rings. The van der Waals surface area contributed by atoms with Crippen molar-refractivity contribution in [1.82, 2.24) is 9.80 Å².